The molecule has 4 aromatic carbocycles. The van der Waals surface area contributed by atoms with E-state index in [1.165, 1.54) is 6.07 Å². The summed E-state index contributed by atoms with van der Waals surface area (Å²) < 4.78 is 30.6. The number of carboxylic acids is 1. The second-order valence-electron chi connectivity index (χ2n) is 8.43. The maximum atomic E-state index is 14.2. The van der Waals surface area contributed by atoms with Gasteiger partial charge in [0, 0.05) is 22.8 Å². The molecule has 0 atom stereocenters. The number of nitrogens with zero attached hydrogens (tertiary/aromatic N) is 2. The van der Waals surface area contributed by atoms with Gasteiger partial charge in [0.2, 0.25) is 5.88 Å². The van der Waals surface area contributed by atoms with Crippen LogP contribution in [0.2, 0.25) is 0 Å². The van der Waals surface area contributed by atoms with Gasteiger partial charge in [-0.15, -0.1) is 0 Å². The van der Waals surface area contributed by atoms with Crippen LogP contribution in [0.3, 0.4) is 0 Å². The lowest BCUT2D eigenvalue weighted by atomic mass is 10.1. The molecular formula is C30H23FN2O5. The molecule has 0 unspecified atom stereocenters. The Bertz CT molecular complexity index is 1600. The minimum Gasteiger partial charge on any atom is -0.497 e. The minimum atomic E-state index is -1.04. The summed E-state index contributed by atoms with van der Waals surface area (Å²) in [6.07, 6.45) is 0. The first-order valence-electron chi connectivity index (χ1n) is 11.8. The van der Waals surface area contributed by atoms with Gasteiger partial charge < -0.3 is 19.3 Å². The Balaban J connectivity index is 1.50. The molecule has 0 amide bonds. The van der Waals surface area contributed by atoms with Crippen molar-refractivity contribution in [3.8, 4) is 40.0 Å². The average molecular weight is 511 g/mol. The molecule has 5 rings (SSSR count). The molecule has 0 aliphatic rings. The zero-order valence-corrected chi connectivity index (χ0v) is 20.4. The number of rotatable bonds is 9. The van der Waals surface area contributed by atoms with Gasteiger partial charge in [-0.2, -0.15) is 4.98 Å². The van der Waals surface area contributed by atoms with E-state index in [1.54, 1.807) is 43.5 Å². The molecule has 38 heavy (non-hydrogen) atoms. The van der Waals surface area contributed by atoms with E-state index in [-0.39, 0.29) is 12.4 Å². The third kappa shape index (κ3) is 5.70. The fourth-order valence-electron chi connectivity index (χ4n) is 3.90. The van der Waals surface area contributed by atoms with Gasteiger partial charge in [0.1, 0.15) is 23.9 Å². The molecule has 0 radical (unpaired) electrons. The van der Waals surface area contributed by atoms with Crippen LogP contribution in [-0.2, 0) is 11.4 Å². The van der Waals surface area contributed by atoms with Crippen LogP contribution in [0.4, 0.5) is 4.39 Å². The number of hydrogen-bond donors (Lipinski definition) is 1. The molecule has 0 aliphatic heterocycles. The van der Waals surface area contributed by atoms with Crippen LogP contribution >= 0.6 is 0 Å². The van der Waals surface area contributed by atoms with Crippen LogP contribution in [0.15, 0.2) is 91.0 Å². The Morgan fingerprint density at radius 1 is 0.816 bits per heavy atom. The van der Waals surface area contributed by atoms with Crippen LogP contribution in [0.25, 0.3) is 33.4 Å². The van der Waals surface area contributed by atoms with E-state index in [0.29, 0.717) is 28.7 Å². The van der Waals surface area contributed by atoms with Crippen molar-refractivity contribution in [1.29, 1.82) is 0 Å². The average Bonchev–Trinajstić information content (AvgIpc) is 2.95. The van der Waals surface area contributed by atoms with E-state index in [4.69, 9.17) is 24.3 Å². The van der Waals surface area contributed by atoms with E-state index in [0.717, 1.165) is 27.6 Å². The Morgan fingerprint density at radius 2 is 1.53 bits per heavy atom. The molecule has 0 bridgehead atoms. The highest BCUT2D eigenvalue weighted by Crippen LogP contribution is 2.30. The molecular weight excluding hydrogens is 487 g/mol. The zero-order valence-electron chi connectivity index (χ0n) is 20.4. The summed E-state index contributed by atoms with van der Waals surface area (Å²) in [5, 5.41) is 10.6. The molecule has 0 saturated heterocycles. The summed E-state index contributed by atoms with van der Waals surface area (Å²) in [5.74, 6) is 0.548. The van der Waals surface area contributed by atoms with Crippen molar-refractivity contribution in [3.05, 3.63) is 102 Å². The number of carbonyl (C=O) groups is 1. The first kappa shape index (κ1) is 24.7. The first-order valence-corrected chi connectivity index (χ1v) is 11.8. The number of aliphatic carboxylic acids is 1. The lowest BCUT2D eigenvalue weighted by Gasteiger charge is -2.12. The van der Waals surface area contributed by atoms with Crippen molar-refractivity contribution in [3.63, 3.8) is 0 Å². The van der Waals surface area contributed by atoms with Gasteiger partial charge in [0.15, 0.2) is 12.4 Å². The molecule has 8 heteroatoms. The van der Waals surface area contributed by atoms with Gasteiger partial charge in [0.05, 0.1) is 12.8 Å². The second kappa shape index (κ2) is 11.0. The quantitative estimate of drug-likeness (QED) is 0.254. The summed E-state index contributed by atoms with van der Waals surface area (Å²) in [4.78, 5) is 20.2. The number of carboxylic acid groups (broad SMARTS) is 1. The number of hydrogen-bond acceptors (Lipinski definition) is 6. The number of benzene rings is 4. The molecule has 5 aromatic rings. The predicted molar refractivity (Wildman–Crippen MR) is 141 cm³/mol. The zero-order chi connectivity index (χ0) is 26.5. The fourth-order valence-corrected chi connectivity index (χ4v) is 3.90. The van der Waals surface area contributed by atoms with Gasteiger partial charge in [-0.3, -0.25) is 0 Å². The lowest BCUT2D eigenvalue weighted by Crippen LogP contribution is -2.09. The Morgan fingerprint density at radius 3 is 2.29 bits per heavy atom. The highest BCUT2D eigenvalue weighted by molar-refractivity contribution is 5.88. The van der Waals surface area contributed by atoms with Crippen molar-refractivity contribution in [2.45, 2.75) is 6.61 Å². The van der Waals surface area contributed by atoms with Gasteiger partial charge in [-0.25, -0.2) is 14.2 Å². The van der Waals surface area contributed by atoms with Crippen molar-refractivity contribution in [1.82, 2.24) is 9.97 Å². The van der Waals surface area contributed by atoms with E-state index in [2.05, 4.69) is 4.98 Å². The van der Waals surface area contributed by atoms with E-state index < -0.39 is 12.6 Å². The Labute approximate surface area is 218 Å². The minimum absolute atomic E-state index is 0.0159. The normalized spacial score (nSPS) is 10.8. The summed E-state index contributed by atoms with van der Waals surface area (Å²) in [6.45, 7) is -0.396. The molecule has 190 valence electrons. The van der Waals surface area contributed by atoms with Gasteiger partial charge in [-0.05, 0) is 59.3 Å². The molecule has 0 saturated carbocycles. The third-order valence-corrected chi connectivity index (χ3v) is 5.85. The summed E-state index contributed by atoms with van der Waals surface area (Å²) in [6, 6.07) is 26.7. The van der Waals surface area contributed by atoms with E-state index >= 15 is 0 Å². The summed E-state index contributed by atoms with van der Waals surface area (Å²) >= 11 is 0. The van der Waals surface area contributed by atoms with E-state index in [9.17, 15) is 9.18 Å². The summed E-state index contributed by atoms with van der Waals surface area (Å²) in [7, 11) is 1.60. The number of halogens is 1. The molecule has 1 heterocycles. The topological polar surface area (TPSA) is 90.8 Å². The molecule has 7 nitrogen and oxygen atoms in total. The van der Waals surface area contributed by atoms with Crippen molar-refractivity contribution in [2.24, 2.45) is 0 Å². The SMILES string of the molecule is COc1ccc(-c2cc(OCc3ccccc3F)nc(-c3ccc4cc(OCC(=O)O)ccc4c3)n2)cc1. The maximum Gasteiger partial charge on any atom is 0.341 e. The highest BCUT2D eigenvalue weighted by Gasteiger charge is 2.12. The van der Waals surface area contributed by atoms with Gasteiger partial charge in [-0.1, -0.05) is 36.4 Å². The van der Waals surface area contributed by atoms with Crippen LogP contribution in [-0.4, -0.2) is 34.8 Å². The molecule has 1 N–H and O–H groups in total. The van der Waals surface area contributed by atoms with Crippen LogP contribution in [0, 0.1) is 5.82 Å². The largest absolute Gasteiger partial charge is 0.497 e. The number of aromatic nitrogens is 2. The van der Waals surface area contributed by atoms with Gasteiger partial charge in [0.25, 0.3) is 0 Å². The first-order chi connectivity index (χ1) is 18.5. The molecule has 0 spiro atoms. The standard InChI is InChI=1S/C30H23FN2O5/c1-36-24-11-8-19(9-12-24)27-16-28(38-17-23-4-2-3-5-26(23)31)33-30(32-27)22-7-6-21-15-25(37-18-29(34)35)13-10-20(21)14-22/h2-16H,17-18H2,1H3,(H,34,35). The Kier molecular flexibility index (Phi) is 7.13. The van der Waals surface area contributed by atoms with Crippen molar-refractivity contribution < 1.29 is 28.5 Å². The fraction of sp³-hybridized carbons (Fsp3) is 0.100. The van der Waals surface area contributed by atoms with Crippen molar-refractivity contribution in [2.75, 3.05) is 13.7 Å². The van der Waals surface area contributed by atoms with E-state index in [1.807, 2.05) is 48.5 Å². The highest BCUT2D eigenvalue weighted by atomic mass is 19.1. The predicted octanol–water partition coefficient (Wildman–Crippen LogP) is 6.15. The van der Waals surface area contributed by atoms with Crippen LogP contribution < -0.4 is 14.2 Å². The maximum absolute atomic E-state index is 14.2. The Hall–Kier alpha value is -4.98. The number of fused-ring (bicyclic) bond motifs is 1. The molecule has 1 aromatic heterocycles. The van der Waals surface area contributed by atoms with Crippen molar-refractivity contribution >= 4 is 16.7 Å². The number of ether oxygens (including phenoxy) is 3. The smallest absolute Gasteiger partial charge is 0.341 e. The monoisotopic (exact) mass is 510 g/mol. The summed E-state index contributed by atoms with van der Waals surface area (Å²) in [5.41, 5.74) is 2.65. The molecule has 0 aliphatic carbocycles. The lowest BCUT2D eigenvalue weighted by molar-refractivity contribution is -0.139. The third-order valence-electron chi connectivity index (χ3n) is 5.85. The van der Waals surface area contributed by atoms with Crippen LogP contribution in [0.1, 0.15) is 5.56 Å². The number of methoxy groups -OCH3 is 1. The van der Waals surface area contributed by atoms with Gasteiger partial charge >= 0.3 is 5.97 Å². The second-order valence-corrected chi connectivity index (χ2v) is 8.43. The molecule has 0 fully saturated rings. The van der Waals surface area contributed by atoms with Crippen LogP contribution in [0.5, 0.6) is 17.4 Å².